The van der Waals surface area contributed by atoms with Crippen molar-refractivity contribution in [2.75, 3.05) is 6.61 Å². The summed E-state index contributed by atoms with van der Waals surface area (Å²) in [6.07, 6.45) is 4.62. The number of ether oxygens (including phenoxy) is 1. The van der Waals surface area contributed by atoms with Crippen LogP contribution >= 0.6 is 0 Å². The topological polar surface area (TPSA) is 122 Å². The summed E-state index contributed by atoms with van der Waals surface area (Å²) in [7, 11) is 0. The molecule has 0 aliphatic heterocycles. The van der Waals surface area contributed by atoms with Crippen molar-refractivity contribution in [3.63, 3.8) is 0 Å². The van der Waals surface area contributed by atoms with Crippen LogP contribution in [0, 0.1) is 0 Å². The molecular weight excluding hydrogens is 436 g/mol. The normalized spacial score (nSPS) is 12.0. The second-order valence-electron chi connectivity index (χ2n) is 8.16. The van der Waals surface area contributed by atoms with Gasteiger partial charge in [-0.25, -0.2) is 9.59 Å². The number of aromatic amines is 1. The van der Waals surface area contributed by atoms with E-state index >= 15 is 0 Å². The van der Waals surface area contributed by atoms with Crippen LogP contribution in [-0.2, 0) is 22.4 Å². The van der Waals surface area contributed by atoms with Crippen LogP contribution in [0.2, 0.25) is 0 Å². The monoisotopic (exact) mass is 462 g/mol. The first kappa shape index (κ1) is 23.1. The van der Waals surface area contributed by atoms with Crippen LogP contribution in [-0.4, -0.2) is 34.6 Å². The van der Waals surface area contributed by atoms with Gasteiger partial charge in [-0.3, -0.25) is 4.79 Å². The predicted molar refractivity (Wildman–Crippen MR) is 128 cm³/mol. The van der Waals surface area contributed by atoms with Crippen molar-refractivity contribution in [2.45, 2.75) is 38.6 Å². The number of para-hydroxylation sites is 1. The van der Waals surface area contributed by atoms with Crippen LogP contribution in [0.25, 0.3) is 21.9 Å². The molecule has 0 spiro atoms. The first-order valence-corrected chi connectivity index (χ1v) is 11.2. The van der Waals surface area contributed by atoms with E-state index in [4.69, 9.17) is 9.15 Å². The number of aryl methyl sites for hydroxylation is 1. The Morgan fingerprint density at radius 2 is 1.94 bits per heavy atom. The summed E-state index contributed by atoms with van der Waals surface area (Å²) in [5, 5.41) is 13.9. The van der Waals surface area contributed by atoms with E-state index in [0.717, 1.165) is 46.7 Å². The molecule has 0 fully saturated rings. The first-order valence-electron chi connectivity index (χ1n) is 11.2. The number of H-pyrrole nitrogens is 1. The molecule has 8 heteroatoms. The number of carbonyl (C=O) groups excluding carboxylic acids is 1. The Bertz CT molecular complexity index is 1390. The summed E-state index contributed by atoms with van der Waals surface area (Å²) in [5.41, 5.74) is 2.57. The molecule has 0 radical (unpaired) electrons. The molecule has 0 saturated carbocycles. The van der Waals surface area contributed by atoms with Crippen molar-refractivity contribution in [3.05, 3.63) is 76.3 Å². The highest BCUT2D eigenvalue weighted by molar-refractivity contribution is 5.87. The summed E-state index contributed by atoms with van der Waals surface area (Å²) >= 11 is 0. The molecule has 1 atom stereocenters. The quantitative estimate of drug-likeness (QED) is 0.308. The van der Waals surface area contributed by atoms with E-state index < -0.39 is 23.5 Å². The van der Waals surface area contributed by atoms with Crippen LogP contribution in [0.3, 0.4) is 0 Å². The lowest BCUT2D eigenvalue weighted by Crippen LogP contribution is -2.44. The van der Waals surface area contributed by atoms with Crippen LogP contribution < -0.4 is 15.7 Å². The lowest BCUT2D eigenvalue weighted by Gasteiger charge is -2.15. The molecule has 4 aromatic rings. The van der Waals surface area contributed by atoms with Crippen LogP contribution in [0.4, 0.5) is 0 Å². The fourth-order valence-electron chi connectivity index (χ4n) is 3.98. The molecule has 34 heavy (non-hydrogen) atoms. The van der Waals surface area contributed by atoms with E-state index in [1.165, 1.54) is 6.07 Å². The van der Waals surface area contributed by atoms with Gasteiger partial charge in [-0.1, -0.05) is 31.5 Å². The zero-order valence-corrected chi connectivity index (χ0v) is 18.8. The molecule has 2 aromatic carbocycles. The molecule has 3 N–H and O–H groups in total. The smallest absolute Gasteiger partial charge is 0.336 e. The number of fused-ring (bicyclic) bond motifs is 2. The number of carboxylic acids is 1. The molecule has 0 bridgehead atoms. The Kier molecular flexibility index (Phi) is 6.96. The Morgan fingerprint density at radius 3 is 2.74 bits per heavy atom. The van der Waals surface area contributed by atoms with Crippen molar-refractivity contribution in [1.82, 2.24) is 10.3 Å². The molecule has 1 amide bonds. The number of aliphatic carboxylic acids is 1. The number of carbonyl (C=O) groups is 2. The maximum atomic E-state index is 12.4. The largest absolute Gasteiger partial charge is 0.484 e. The lowest BCUT2D eigenvalue weighted by molar-refractivity contribution is -0.142. The average molecular weight is 463 g/mol. The van der Waals surface area contributed by atoms with Crippen molar-refractivity contribution in [1.29, 1.82) is 0 Å². The zero-order valence-electron chi connectivity index (χ0n) is 18.8. The fraction of sp³-hybridized carbons (Fsp3) is 0.269. The number of hydrogen-bond donors (Lipinski definition) is 3. The van der Waals surface area contributed by atoms with E-state index in [1.54, 1.807) is 24.4 Å². The standard InChI is InChI=1S/C26H26N2O6/c1-2-3-6-16-12-25(30)34-23-13-18(9-10-20(16)23)33-15-24(29)28-22(26(31)32)11-17-14-27-21-8-5-4-7-19(17)21/h4-5,7-10,12-14,22,27H,2-3,6,11,15H2,1H3,(H,28,29)(H,31,32). The zero-order chi connectivity index (χ0) is 24.1. The van der Waals surface area contributed by atoms with Gasteiger partial charge in [0.25, 0.3) is 5.91 Å². The van der Waals surface area contributed by atoms with Gasteiger partial charge in [-0.2, -0.15) is 0 Å². The third kappa shape index (κ3) is 5.28. The molecule has 8 nitrogen and oxygen atoms in total. The molecule has 1 unspecified atom stereocenters. The van der Waals surface area contributed by atoms with Gasteiger partial charge < -0.3 is 24.6 Å². The third-order valence-electron chi connectivity index (χ3n) is 5.70. The highest BCUT2D eigenvalue weighted by atomic mass is 16.5. The molecule has 0 aliphatic carbocycles. The van der Waals surface area contributed by atoms with Crippen LogP contribution in [0.1, 0.15) is 30.9 Å². The number of unbranched alkanes of at least 4 members (excludes halogenated alkanes) is 1. The number of hydrogen-bond acceptors (Lipinski definition) is 5. The number of carboxylic acid groups (broad SMARTS) is 1. The molecule has 2 aromatic heterocycles. The minimum Gasteiger partial charge on any atom is -0.484 e. The van der Waals surface area contributed by atoms with Crippen LogP contribution in [0.15, 0.2) is 63.9 Å². The molecule has 176 valence electrons. The van der Waals surface area contributed by atoms with Crippen LogP contribution in [0.5, 0.6) is 5.75 Å². The van der Waals surface area contributed by atoms with Crippen molar-refractivity contribution in [2.24, 2.45) is 0 Å². The van der Waals surface area contributed by atoms with Gasteiger partial charge >= 0.3 is 11.6 Å². The Hall–Kier alpha value is -4.07. The summed E-state index contributed by atoms with van der Waals surface area (Å²) in [4.78, 5) is 39.2. The second kappa shape index (κ2) is 10.2. The van der Waals surface area contributed by atoms with E-state index in [-0.39, 0.29) is 13.0 Å². The molecule has 0 saturated heterocycles. The van der Waals surface area contributed by atoms with Gasteiger partial charge in [-0.05, 0) is 42.2 Å². The van der Waals surface area contributed by atoms with Gasteiger partial charge in [0.1, 0.15) is 17.4 Å². The number of nitrogens with one attached hydrogen (secondary N) is 2. The predicted octanol–water partition coefficient (Wildman–Crippen LogP) is 3.81. The first-order chi connectivity index (χ1) is 16.4. The molecular formula is C26H26N2O6. The summed E-state index contributed by atoms with van der Waals surface area (Å²) < 4.78 is 10.9. The number of amides is 1. The van der Waals surface area contributed by atoms with E-state index in [1.807, 2.05) is 24.3 Å². The molecule has 4 rings (SSSR count). The van der Waals surface area contributed by atoms with E-state index in [9.17, 15) is 19.5 Å². The van der Waals surface area contributed by atoms with Gasteiger partial charge in [0.15, 0.2) is 6.61 Å². The SMILES string of the molecule is CCCCc1cc(=O)oc2cc(OCC(=O)NC(Cc3c[nH]c4ccccc34)C(=O)O)ccc12. The van der Waals surface area contributed by atoms with Gasteiger partial charge in [0, 0.05) is 41.0 Å². The highest BCUT2D eigenvalue weighted by Crippen LogP contribution is 2.24. The Morgan fingerprint density at radius 1 is 1.12 bits per heavy atom. The number of rotatable bonds is 10. The molecule has 2 heterocycles. The van der Waals surface area contributed by atoms with Crippen molar-refractivity contribution >= 4 is 33.7 Å². The average Bonchev–Trinajstić information content (AvgIpc) is 3.23. The minimum atomic E-state index is -1.13. The van der Waals surface area contributed by atoms with Gasteiger partial charge in [-0.15, -0.1) is 0 Å². The second-order valence-corrected chi connectivity index (χ2v) is 8.16. The maximum absolute atomic E-state index is 12.4. The summed E-state index contributed by atoms with van der Waals surface area (Å²) in [6, 6.07) is 13.0. The molecule has 0 aliphatic rings. The Labute approximate surface area is 195 Å². The van der Waals surface area contributed by atoms with E-state index in [2.05, 4.69) is 17.2 Å². The summed E-state index contributed by atoms with van der Waals surface area (Å²) in [6.45, 7) is 1.71. The minimum absolute atomic E-state index is 0.132. The van der Waals surface area contributed by atoms with Crippen molar-refractivity contribution in [3.8, 4) is 5.75 Å². The third-order valence-corrected chi connectivity index (χ3v) is 5.70. The van der Waals surface area contributed by atoms with Crippen molar-refractivity contribution < 1.29 is 23.8 Å². The highest BCUT2D eigenvalue weighted by Gasteiger charge is 2.22. The van der Waals surface area contributed by atoms with Gasteiger partial charge in [0.2, 0.25) is 0 Å². The van der Waals surface area contributed by atoms with E-state index in [0.29, 0.717) is 11.3 Å². The summed E-state index contributed by atoms with van der Waals surface area (Å²) in [5.74, 6) is -1.35. The fourth-order valence-corrected chi connectivity index (χ4v) is 3.98. The maximum Gasteiger partial charge on any atom is 0.336 e. The number of benzene rings is 2. The number of aromatic nitrogens is 1. The lowest BCUT2D eigenvalue weighted by atomic mass is 10.0. The Balaban J connectivity index is 1.42. The van der Waals surface area contributed by atoms with Gasteiger partial charge in [0.05, 0.1) is 0 Å².